The van der Waals surface area contributed by atoms with Crippen LogP contribution in [0.25, 0.3) is 0 Å². The molecule has 2 heteroatoms. The van der Waals surface area contributed by atoms with Gasteiger partial charge in [-0.25, -0.2) is 0 Å². The van der Waals surface area contributed by atoms with E-state index in [-0.39, 0.29) is 0 Å². The minimum atomic E-state index is 0.721. The molecule has 1 aromatic carbocycles. The van der Waals surface area contributed by atoms with Crippen LogP contribution in [0.15, 0.2) is 18.2 Å². The van der Waals surface area contributed by atoms with Crippen LogP contribution < -0.4 is 10.6 Å². The lowest BCUT2D eigenvalue weighted by Crippen LogP contribution is -2.25. The first-order valence-corrected chi connectivity index (χ1v) is 7.38. The standard InChI is InChI=1S/C16H22N2/c1-2-13-9-17-10-14(13)7-12(1)8-18-11-16(5-6-16)15-3-4-15/h1-2,7,15,17-18H,3-6,8-11H2. The SMILES string of the molecule is c1cc2c(cc1CNCC1(C3CC3)CC1)CNC2. The largest absolute Gasteiger partial charge is 0.312 e. The van der Waals surface area contributed by atoms with Gasteiger partial charge in [-0.2, -0.15) is 0 Å². The molecule has 2 nitrogen and oxygen atoms in total. The Bertz CT molecular complexity index is 458. The Morgan fingerprint density at radius 2 is 2.00 bits per heavy atom. The van der Waals surface area contributed by atoms with Gasteiger partial charge in [-0.15, -0.1) is 0 Å². The van der Waals surface area contributed by atoms with Gasteiger partial charge in [0.25, 0.3) is 0 Å². The van der Waals surface area contributed by atoms with Crippen molar-refractivity contribution in [1.29, 1.82) is 0 Å². The second-order valence-electron chi connectivity index (χ2n) is 6.45. The highest BCUT2D eigenvalue weighted by atomic mass is 14.9. The summed E-state index contributed by atoms with van der Waals surface area (Å²) in [6.45, 7) is 4.39. The van der Waals surface area contributed by atoms with E-state index in [4.69, 9.17) is 0 Å². The molecule has 96 valence electrons. The van der Waals surface area contributed by atoms with Crippen LogP contribution in [0, 0.1) is 11.3 Å². The van der Waals surface area contributed by atoms with E-state index in [1.165, 1.54) is 48.9 Å². The van der Waals surface area contributed by atoms with Crippen molar-refractivity contribution in [3.05, 3.63) is 34.9 Å². The third-order valence-electron chi connectivity index (χ3n) is 5.04. The Hall–Kier alpha value is -0.860. The highest BCUT2D eigenvalue weighted by molar-refractivity contribution is 5.34. The normalized spacial score (nSPS) is 24.0. The molecule has 0 bridgehead atoms. The minimum absolute atomic E-state index is 0.721. The molecule has 1 heterocycles. The molecule has 0 radical (unpaired) electrons. The summed E-state index contributed by atoms with van der Waals surface area (Å²) in [6, 6.07) is 6.95. The Morgan fingerprint density at radius 1 is 1.17 bits per heavy atom. The van der Waals surface area contributed by atoms with Crippen molar-refractivity contribution in [3.63, 3.8) is 0 Å². The molecular formula is C16H22N2. The summed E-state index contributed by atoms with van der Waals surface area (Å²) >= 11 is 0. The van der Waals surface area contributed by atoms with Gasteiger partial charge in [0, 0.05) is 26.2 Å². The molecule has 18 heavy (non-hydrogen) atoms. The van der Waals surface area contributed by atoms with Crippen LogP contribution in [0.5, 0.6) is 0 Å². The molecule has 0 atom stereocenters. The van der Waals surface area contributed by atoms with E-state index in [1.807, 2.05) is 0 Å². The van der Waals surface area contributed by atoms with Gasteiger partial charge in [-0.1, -0.05) is 18.2 Å². The quantitative estimate of drug-likeness (QED) is 0.829. The van der Waals surface area contributed by atoms with Crippen LogP contribution in [0.3, 0.4) is 0 Å². The predicted molar refractivity (Wildman–Crippen MR) is 73.1 cm³/mol. The fourth-order valence-corrected chi connectivity index (χ4v) is 3.50. The van der Waals surface area contributed by atoms with Crippen molar-refractivity contribution in [2.45, 2.75) is 45.3 Å². The number of rotatable bonds is 5. The van der Waals surface area contributed by atoms with Crippen LogP contribution in [-0.4, -0.2) is 6.54 Å². The Kier molecular flexibility index (Phi) is 2.49. The third-order valence-corrected chi connectivity index (χ3v) is 5.04. The molecule has 2 aliphatic carbocycles. The Balaban J connectivity index is 1.34. The monoisotopic (exact) mass is 242 g/mol. The summed E-state index contributed by atoms with van der Waals surface area (Å²) < 4.78 is 0. The average Bonchev–Trinajstić information content (AvgIpc) is 3.27. The van der Waals surface area contributed by atoms with Crippen molar-refractivity contribution in [1.82, 2.24) is 10.6 Å². The Morgan fingerprint density at radius 3 is 2.78 bits per heavy atom. The maximum Gasteiger partial charge on any atom is 0.0212 e. The topological polar surface area (TPSA) is 24.1 Å². The molecule has 0 spiro atoms. The lowest BCUT2D eigenvalue weighted by atomic mass is 10.0. The van der Waals surface area contributed by atoms with Gasteiger partial charge in [0.05, 0.1) is 0 Å². The third kappa shape index (κ3) is 1.98. The fraction of sp³-hybridized carbons (Fsp3) is 0.625. The predicted octanol–water partition coefficient (Wildman–Crippen LogP) is 2.57. The van der Waals surface area contributed by atoms with Crippen LogP contribution >= 0.6 is 0 Å². The lowest BCUT2D eigenvalue weighted by Gasteiger charge is -2.15. The summed E-state index contributed by atoms with van der Waals surface area (Å²) in [4.78, 5) is 0. The van der Waals surface area contributed by atoms with Crippen molar-refractivity contribution < 1.29 is 0 Å². The van der Waals surface area contributed by atoms with Crippen LogP contribution in [0.2, 0.25) is 0 Å². The van der Waals surface area contributed by atoms with Crippen molar-refractivity contribution >= 4 is 0 Å². The van der Waals surface area contributed by atoms with E-state index in [0.29, 0.717) is 0 Å². The average molecular weight is 242 g/mol. The molecule has 0 unspecified atom stereocenters. The summed E-state index contributed by atoms with van der Waals surface area (Å²) in [6.07, 6.45) is 5.93. The lowest BCUT2D eigenvalue weighted by molar-refractivity contribution is 0.403. The van der Waals surface area contributed by atoms with Gasteiger partial charge in [0.2, 0.25) is 0 Å². The second-order valence-corrected chi connectivity index (χ2v) is 6.45. The van der Waals surface area contributed by atoms with Crippen molar-refractivity contribution in [2.24, 2.45) is 11.3 Å². The minimum Gasteiger partial charge on any atom is -0.312 e. The number of benzene rings is 1. The first kappa shape index (κ1) is 11.0. The molecule has 2 saturated carbocycles. The van der Waals surface area contributed by atoms with Crippen LogP contribution in [0.4, 0.5) is 0 Å². The van der Waals surface area contributed by atoms with E-state index < -0.39 is 0 Å². The van der Waals surface area contributed by atoms with Gasteiger partial charge < -0.3 is 10.6 Å². The molecule has 3 aliphatic rings. The molecule has 1 aliphatic heterocycles. The zero-order chi connectivity index (χ0) is 12.0. The maximum atomic E-state index is 3.70. The first-order chi connectivity index (χ1) is 8.86. The number of hydrogen-bond acceptors (Lipinski definition) is 2. The van der Waals surface area contributed by atoms with Gasteiger partial charge in [0.15, 0.2) is 0 Å². The van der Waals surface area contributed by atoms with Gasteiger partial charge in [-0.05, 0) is 53.7 Å². The van der Waals surface area contributed by atoms with E-state index >= 15 is 0 Å². The number of nitrogens with one attached hydrogen (secondary N) is 2. The van der Waals surface area contributed by atoms with E-state index in [9.17, 15) is 0 Å². The molecule has 2 fully saturated rings. The van der Waals surface area contributed by atoms with E-state index in [2.05, 4.69) is 28.8 Å². The molecular weight excluding hydrogens is 220 g/mol. The number of fused-ring (bicyclic) bond motifs is 1. The number of hydrogen-bond donors (Lipinski definition) is 2. The summed E-state index contributed by atoms with van der Waals surface area (Å²) in [5, 5.41) is 7.10. The molecule has 4 rings (SSSR count). The van der Waals surface area contributed by atoms with Gasteiger partial charge >= 0.3 is 0 Å². The smallest absolute Gasteiger partial charge is 0.0212 e. The summed E-state index contributed by atoms with van der Waals surface area (Å²) in [5.74, 6) is 1.06. The molecule has 2 N–H and O–H groups in total. The van der Waals surface area contributed by atoms with Crippen LogP contribution in [0.1, 0.15) is 42.4 Å². The van der Waals surface area contributed by atoms with Crippen LogP contribution in [-0.2, 0) is 19.6 Å². The van der Waals surface area contributed by atoms with E-state index in [1.54, 1.807) is 0 Å². The molecule has 1 aromatic rings. The highest BCUT2D eigenvalue weighted by Gasteiger charge is 2.53. The maximum absolute atomic E-state index is 3.70. The van der Waals surface area contributed by atoms with Crippen molar-refractivity contribution in [3.8, 4) is 0 Å². The molecule has 0 aromatic heterocycles. The summed E-state index contributed by atoms with van der Waals surface area (Å²) in [5.41, 5.74) is 5.15. The van der Waals surface area contributed by atoms with Gasteiger partial charge in [0.1, 0.15) is 0 Å². The first-order valence-electron chi connectivity index (χ1n) is 7.38. The zero-order valence-electron chi connectivity index (χ0n) is 11.0. The van der Waals surface area contributed by atoms with Gasteiger partial charge in [-0.3, -0.25) is 0 Å². The zero-order valence-corrected chi connectivity index (χ0v) is 11.0. The Labute approximate surface area is 109 Å². The molecule has 0 amide bonds. The highest BCUT2D eigenvalue weighted by Crippen LogP contribution is 2.60. The van der Waals surface area contributed by atoms with E-state index in [0.717, 1.165) is 31.0 Å². The summed E-state index contributed by atoms with van der Waals surface area (Å²) in [7, 11) is 0. The fourth-order valence-electron chi connectivity index (χ4n) is 3.50. The second kappa shape index (κ2) is 4.07. The van der Waals surface area contributed by atoms with Crippen molar-refractivity contribution in [2.75, 3.05) is 6.54 Å². The molecule has 0 saturated heterocycles.